The van der Waals surface area contributed by atoms with Crippen LogP contribution in [0.25, 0.3) is 0 Å². The average molecular weight is 510 g/mol. The fourth-order valence-corrected chi connectivity index (χ4v) is 10.2. The molecule has 194 valence electrons. The molecule has 0 aliphatic carbocycles. The third-order valence-electron chi connectivity index (χ3n) is 8.85. The molecule has 2 aliphatic heterocycles. The predicted octanol–water partition coefficient (Wildman–Crippen LogP) is 6.45. The lowest BCUT2D eigenvalue weighted by Gasteiger charge is -2.52. The molecule has 1 amide bonds. The SMILES string of the molecule is CCCC[C@@H]1[C@@H]([Si](C)(C)c2ccccc2)[C@H](B2OC(C)(C)C(C)(C)O2)c2cc(F)ccc2N1C(C)=O. The van der Waals surface area contributed by atoms with Crippen molar-refractivity contribution in [3.8, 4) is 0 Å². The van der Waals surface area contributed by atoms with Gasteiger partial charge in [-0.05, 0) is 63.4 Å². The van der Waals surface area contributed by atoms with Gasteiger partial charge in [-0.3, -0.25) is 4.79 Å². The zero-order valence-electron chi connectivity index (χ0n) is 23.1. The molecule has 0 N–H and O–H groups in total. The van der Waals surface area contributed by atoms with E-state index in [0.29, 0.717) is 0 Å². The molecule has 0 unspecified atom stereocenters. The summed E-state index contributed by atoms with van der Waals surface area (Å²) in [6, 6.07) is 15.5. The van der Waals surface area contributed by atoms with E-state index in [0.717, 1.165) is 30.5 Å². The van der Waals surface area contributed by atoms with Crippen molar-refractivity contribution in [3.05, 3.63) is 59.9 Å². The number of rotatable bonds is 6. The van der Waals surface area contributed by atoms with Crippen LogP contribution in [-0.4, -0.2) is 38.3 Å². The van der Waals surface area contributed by atoms with Crippen molar-refractivity contribution in [1.29, 1.82) is 0 Å². The van der Waals surface area contributed by atoms with Gasteiger partial charge < -0.3 is 14.2 Å². The van der Waals surface area contributed by atoms with E-state index < -0.39 is 26.4 Å². The molecule has 2 aliphatic rings. The Bertz CT molecular complexity index is 1090. The van der Waals surface area contributed by atoms with Crippen molar-refractivity contribution in [1.82, 2.24) is 0 Å². The Labute approximate surface area is 217 Å². The second kappa shape index (κ2) is 9.73. The van der Waals surface area contributed by atoms with Gasteiger partial charge in [0.15, 0.2) is 0 Å². The lowest BCUT2D eigenvalue weighted by atomic mass is 9.62. The molecular weight excluding hydrogens is 468 g/mol. The summed E-state index contributed by atoms with van der Waals surface area (Å²) >= 11 is 0. The first-order chi connectivity index (χ1) is 16.8. The van der Waals surface area contributed by atoms with E-state index in [-0.39, 0.29) is 29.1 Å². The summed E-state index contributed by atoms with van der Waals surface area (Å²) in [5, 5.41) is 1.32. The van der Waals surface area contributed by atoms with E-state index in [1.807, 2.05) is 11.0 Å². The second-order valence-electron chi connectivity index (χ2n) is 12.1. The summed E-state index contributed by atoms with van der Waals surface area (Å²) in [7, 11) is -2.80. The van der Waals surface area contributed by atoms with Crippen LogP contribution in [-0.2, 0) is 14.1 Å². The van der Waals surface area contributed by atoms with E-state index >= 15 is 0 Å². The molecule has 0 spiro atoms. The third-order valence-corrected chi connectivity index (χ3v) is 13.1. The highest BCUT2D eigenvalue weighted by molar-refractivity contribution is 6.92. The number of carbonyl (C=O) groups is 1. The first kappa shape index (κ1) is 27.1. The topological polar surface area (TPSA) is 38.8 Å². The lowest BCUT2D eigenvalue weighted by Crippen LogP contribution is -2.61. The standard InChI is InChI=1S/C29H41BFNO3Si/c1-9-10-16-25-27(36(7,8)22-14-12-11-13-15-22)26(30-34-28(3,4)29(5,6)35-30)23-19-21(31)17-18-24(23)32(25)20(2)33/h11-15,17-19,25-27H,9-10,16H2,1-8H3/t25-,26-,27-/m1/s1. The van der Waals surface area contributed by atoms with Gasteiger partial charge in [0, 0.05) is 24.5 Å². The Kier molecular flexibility index (Phi) is 7.32. The number of halogens is 1. The van der Waals surface area contributed by atoms with Gasteiger partial charge in [-0.1, -0.05) is 68.4 Å². The molecule has 4 nitrogen and oxygen atoms in total. The maximum atomic E-state index is 14.9. The van der Waals surface area contributed by atoms with Crippen LogP contribution in [0.2, 0.25) is 18.6 Å². The quantitative estimate of drug-likeness (QED) is 0.420. The normalized spacial score (nSPS) is 25.1. The monoisotopic (exact) mass is 509 g/mol. The Balaban J connectivity index is 1.99. The van der Waals surface area contributed by atoms with E-state index in [1.54, 1.807) is 19.1 Å². The molecule has 0 saturated carbocycles. The summed E-state index contributed by atoms with van der Waals surface area (Å²) in [5.74, 6) is -0.501. The highest BCUT2D eigenvalue weighted by Gasteiger charge is 2.61. The first-order valence-electron chi connectivity index (χ1n) is 13.3. The van der Waals surface area contributed by atoms with E-state index in [1.165, 1.54) is 11.3 Å². The molecule has 2 aromatic carbocycles. The minimum atomic E-state index is -2.26. The van der Waals surface area contributed by atoms with Gasteiger partial charge in [-0.2, -0.15) is 0 Å². The number of hydrogen-bond acceptors (Lipinski definition) is 3. The van der Waals surface area contributed by atoms with E-state index in [4.69, 9.17) is 9.31 Å². The van der Waals surface area contributed by atoms with Gasteiger partial charge in [0.05, 0.1) is 19.3 Å². The highest BCUT2D eigenvalue weighted by atomic mass is 28.3. The number of nitrogens with zero attached hydrogens (tertiary/aromatic N) is 1. The molecule has 3 atom stereocenters. The number of carbonyl (C=O) groups excluding carboxylic acids is 1. The molecule has 4 rings (SSSR count). The summed E-state index contributed by atoms with van der Waals surface area (Å²) < 4.78 is 28.2. The molecule has 36 heavy (non-hydrogen) atoms. The zero-order valence-corrected chi connectivity index (χ0v) is 24.1. The fraction of sp³-hybridized carbons (Fsp3) is 0.552. The maximum Gasteiger partial charge on any atom is 0.465 e. The molecule has 2 aromatic rings. The molecule has 0 radical (unpaired) electrons. The van der Waals surface area contributed by atoms with Crippen molar-refractivity contribution in [2.75, 3.05) is 4.90 Å². The molecule has 0 aromatic heterocycles. The van der Waals surface area contributed by atoms with E-state index in [9.17, 15) is 9.18 Å². The molecule has 2 heterocycles. The van der Waals surface area contributed by atoms with Gasteiger partial charge in [-0.15, -0.1) is 0 Å². The molecule has 1 saturated heterocycles. The predicted molar refractivity (Wildman–Crippen MR) is 149 cm³/mol. The second-order valence-corrected chi connectivity index (χ2v) is 16.8. The fourth-order valence-electron chi connectivity index (χ4n) is 6.25. The first-order valence-corrected chi connectivity index (χ1v) is 16.4. The van der Waals surface area contributed by atoms with Crippen molar-refractivity contribution in [2.24, 2.45) is 0 Å². The van der Waals surface area contributed by atoms with Crippen molar-refractivity contribution < 1.29 is 18.5 Å². The van der Waals surface area contributed by atoms with Crippen LogP contribution in [0.1, 0.15) is 72.2 Å². The van der Waals surface area contributed by atoms with Crippen LogP contribution in [0, 0.1) is 5.82 Å². The molecule has 1 fully saturated rings. The Morgan fingerprint density at radius 2 is 1.67 bits per heavy atom. The largest absolute Gasteiger partial charge is 0.465 e. The van der Waals surface area contributed by atoms with Gasteiger partial charge in [0.2, 0.25) is 5.91 Å². The Morgan fingerprint density at radius 3 is 2.22 bits per heavy atom. The number of anilines is 1. The average Bonchev–Trinajstić information content (AvgIpc) is 3.03. The van der Waals surface area contributed by atoms with Gasteiger partial charge in [0.25, 0.3) is 0 Å². The van der Waals surface area contributed by atoms with Crippen LogP contribution in [0.5, 0.6) is 0 Å². The molecule has 0 bridgehead atoms. The Morgan fingerprint density at radius 1 is 1.06 bits per heavy atom. The van der Waals surface area contributed by atoms with Gasteiger partial charge in [0.1, 0.15) is 5.82 Å². The van der Waals surface area contributed by atoms with Crippen LogP contribution in [0.3, 0.4) is 0 Å². The number of fused-ring (bicyclic) bond motifs is 1. The van der Waals surface area contributed by atoms with Gasteiger partial charge in [-0.25, -0.2) is 4.39 Å². The Hall–Kier alpha value is -1.96. The smallest absolute Gasteiger partial charge is 0.403 e. The number of benzene rings is 2. The van der Waals surface area contributed by atoms with Gasteiger partial charge >= 0.3 is 7.12 Å². The summed E-state index contributed by atoms with van der Waals surface area (Å²) in [6.07, 6.45) is 2.94. The lowest BCUT2D eigenvalue weighted by molar-refractivity contribution is -0.117. The summed E-state index contributed by atoms with van der Waals surface area (Å²) in [6.45, 7) is 16.8. The zero-order chi connectivity index (χ0) is 26.5. The van der Waals surface area contributed by atoms with Crippen molar-refractivity contribution in [2.45, 2.75) is 103 Å². The van der Waals surface area contributed by atoms with Crippen LogP contribution >= 0.6 is 0 Å². The highest BCUT2D eigenvalue weighted by Crippen LogP contribution is 2.55. The number of unbranched alkanes of at least 4 members (excludes halogenated alkanes) is 1. The molecule has 7 heteroatoms. The number of hydrogen-bond donors (Lipinski definition) is 0. The maximum absolute atomic E-state index is 14.9. The summed E-state index contributed by atoms with van der Waals surface area (Å²) in [5.41, 5.74) is 0.659. The van der Waals surface area contributed by atoms with E-state index in [2.05, 4.69) is 72.0 Å². The third kappa shape index (κ3) is 4.59. The van der Waals surface area contributed by atoms with Crippen LogP contribution < -0.4 is 10.1 Å². The van der Waals surface area contributed by atoms with Crippen LogP contribution in [0.4, 0.5) is 10.1 Å². The summed E-state index contributed by atoms with van der Waals surface area (Å²) in [4.78, 5) is 15.2. The number of amides is 1. The molecular formula is C29H41BFNO3Si. The van der Waals surface area contributed by atoms with Crippen molar-refractivity contribution >= 4 is 32.0 Å². The van der Waals surface area contributed by atoms with Crippen molar-refractivity contribution in [3.63, 3.8) is 0 Å². The minimum Gasteiger partial charge on any atom is -0.403 e. The minimum absolute atomic E-state index is 0.000749. The van der Waals surface area contributed by atoms with Crippen LogP contribution in [0.15, 0.2) is 48.5 Å².